The maximum absolute atomic E-state index is 11.0. The van der Waals surface area contributed by atoms with Crippen LogP contribution in [0.4, 0.5) is 0 Å². The molecular formula is C18H18O6. The Morgan fingerprint density at radius 2 is 1.17 bits per heavy atom. The van der Waals surface area contributed by atoms with Crippen LogP contribution in [0.2, 0.25) is 0 Å². The summed E-state index contributed by atoms with van der Waals surface area (Å²) in [6, 6.07) is 13.8. The average Bonchev–Trinajstić information content (AvgIpc) is 2.60. The Morgan fingerprint density at radius 3 is 1.58 bits per heavy atom. The minimum atomic E-state index is -0.442. The third kappa shape index (κ3) is 5.64. The molecule has 0 bridgehead atoms. The standard InChI is InChI=1S/C18H18O6/c1-13(19)11-22-14-3-7-16(8-4-14)24-17-9-5-15(6-10-17)23-12-18(20)21-2/h3-10H,11-12H2,1-2H3. The van der Waals surface area contributed by atoms with E-state index in [0.717, 1.165) is 0 Å². The van der Waals surface area contributed by atoms with Crippen molar-refractivity contribution in [2.24, 2.45) is 0 Å². The number of esters is 1. The lowest BCUT2D eigenvalue weighted by Gasteiger charge is -2.09. The second-order valence-corrected chi connectivity index (χ2v) is 4.90. The van der Waals surface area contributed by atoms with Crippen LogP contribution in [-0.4, -0.2) is 32.1 Å². The largest absolute Gasteiger partial charge is 0.486 e. The number of hydrogen-bond acceptors (Lipinski definition) is 6. The normalized spacial score (nSPS) is 9.92. The van der Waals surface area contributed by atoms with Crippen molar-refractivity contribution in [3.63, 3.8) is 0 Å². The SMILES string of the molecule is COC(=O)COc1ccc(Oc2ccc(OCC(C)=O)cc2)cc1. The Bertz CT molecular complexity index is 676. The van der Waals surface area contributed by atoms with E-state index in [2.05, 4.69) is 4.74 Å². The van der Waals surface area contributed by atoms with E-state index in [0.29, 0.717) is 23.0 Å². The molecule has 0 aliphatic rings. The Balaban J connectivity index is 1.89. The van der Waals surface area contributed by atoms with E-state index in [9.17, 15) is 9.59 Å². The van der Waals surface area contributed by atoms with Crippen molar-refractivity contribution in [2.75, 3.05) is 20.3 Å². The molecule has 0 aliphatic carbocycles. The molecule has 2 aromatic carbocycles. The van der Waals surface area contributed by atoms with E-state index in [1.807, 2.05) is 0 Å². The number of ketones is 1. The van der Waals surface area contributed by atoms with Crippen LogP contribution in [0.15, 0.2) is 48.5 Å². The van der Waals surface area contributed by atoms with Gasteiger partial charge >= 0.3 is 5.97 Å². The molecule has 0 aromatic heterocycles. The lowest BCUT2D eigenvalue weighted by molar-refractivity contribution is -0.142. The monoisotopic (exact) mass is 330 g/mol. The Hall–Kier alpha value is -3.02. The van der Waals surface area contributed by atoms with Crippen molar-refractivity contribution >= 4 is 11.8 Å². The topological polar surface area (TPSA) is 71.1 Å². The maximum Gasteiger partial charge on any atom is 0.343 e. The number of hydrogen-bond donors (Lipinski definition) is 0. The fraction of sp³-hybridized carbons (Fsp3) is 0.222. The van der Waals surface area contributed by atoms with Crippen LogP contribution in [0.25, 0.3) is 0 Å². The second kappa shape index (κ2) is 8.57. The van der Waals surface area contributed by atoms with Gasteiger partial charge in [0.2, 0.25) is 0 Å². The molecule has 0 fully saturated rings. The third-order valence-corrected chi connectivity index (χ3v) is 2.91. The van der Waals surface area contributed by atoms with Crippen LogP contribution in [0.5, 0.6) is 23.0 Å². The van der Waals surface area contributed by atoms with Crippen LogP contribution in [-0.2, 0) is 14.3 Å². The van der Waals surface area contributed by atoms with Gasteiger partial charge in [0, 0.05) is 0 Å². The van der Waals surface area contributed by atoms with Gasteiger partial charge in [-0.1, -0.05) is 0 Å². The lowest BCUT2D eigenvalue weighted by atomic mass is 10.3. The number of benzene rings is 2. The van der Waals surface area contributed by atoms with Gasteiger partial charge in [-0.05, 0) is 55.5 Å². The molecule has 6 heteroatoms. The van der Waals surface area contributed by atoms with Crippen LogP contribution in [0.1, 0.15) is 6.92 Å². The number of Topliss-reactive ketones (excluding diaryl/α,β-unsaturated/α-hetero) is 1. The van der Waals surface area contributed by atoms with Gasteiger partial charge in [-0.15, -0.1) is 0 Å². The molecule has 0 heterocycles. The van der Waals surface area contributed by atoms with Gasteiger partial charge in [-0.2, -0.15) is 0 Å². The van der Waals surface area contributed by atoms with Gasteiger partial charge < -0.3 is 18.9 Å². The highest BCUT2D eigenvalue weighted by Gasteiger charge is 2.03. The quantitative estimate of drug-likeness (QED) is 0.693. The Morgan fingerprint density at radius 1 is 0.750 bits per heavy atom. The van der Waals surface area contributed by atoms with Gasteiger partial charge in [-0.3, -0.25) is 4.79 Å². The molecule has 0 radical (unpaired) electrons. The van der Waals surface area contributed by atoms with Crippen molar-refractivity contribution < 1.29 is 28.5 Å². The number of ether oxygens (including phenoxy) is 4. The van der Waals surface area contributed by atoms with E-state index in [-0.39, 0.29) is 19.0 Å². The number of methoxy groups -OCH3 is 1. The van der Waals surface area contributed by atoms with E-state index < -0.39 is 5.97 Å². The molecule has 0 saturated carbocycles. The molecule has 6 nitrogen and oxygen atoms in total. The van der Waals surface area contributed by atoms with Gasteiger partial charge in [0.15, 0.2) is 12.4 Å². The molecule has 0 saturated heterocycles. The van der Waals surface area contributed by atoms with E-state index in [1.54, 1.807) is 48.5 Å². The summed E-state index contributed by atoms with van der Waals surface area (Å²) in [5.41, 5.74) is 0. The zero-order valence-electron chi connectivity index (χ0n) is 13.5. The second-order valence-electron chi connectivity index (χ2n) is 4.90. The Labute approximate surface area is 139 Å². The fourth-order valence-corrected chi connectivity index (χ4v) is 1.73. The predicted octanol–water partition coefficient (Wildman–Crippen LogP) is 3.00. The maximum atomic E-state index is 11.0. The van der Waals surface area contributed by atoms with Gasteiger partial charge in [0.05, 0.1) is 7.11 Å². The van der Waals surface area contributed by atoms with Gasteiger partial charge in [-0.25, -0.2) is 4.79 Å². The number of carbonyl (C=O) groups is 2. The first-order chi connectivity index (χ1) is 11.6. The molecule has 0 N–H and O–H groups in total. The fourth-order valence-electron chi connectivity index (χ4n) is 1.73. The molecular weight excluding hydrogens is 312 g/mol. The summed E-state index contributed by atoms with van der Waals surface area (Å²) in [4.78, 5) is 21.9. The minimum absolute atomic E-state index is 0.0372. The van der Waals surface area contributed by atoms with E-state index >= 15 is 0 Å². The molecule has 0 aliphatic heterocycles. The highest BCUT2D eigenvalue weighted by molar-refractivity contribution is 5.77. The first-order valence-corrected chi connectivity index (χ1v) is 7.26. The van der Waals surface area contributed by atoms with Crippen molar-refractivity contribution in [2.45, 2.75) is 6.92 Å². The number of carbonyl (C=O) groups excluding carboxylic acids is 2. The van der Waals surface area contributed by atoms with Gasteiger partial charge in [0.25, 0.3) is 0 Å². The summed E-state index contributed by atoms with van der Waals surface area (Å²) in [6.45, 7) is 1.38. The Kier molecular flexibility index (Phi) is 6.19. The zero-order valence-corrected chi connectivity index (χ0v) is 13.5. The highest BCUT2D eigenvalue weighted by Crippen LogP contribution is 2.25. The van der Waals surface area contributed by atoms with Crippen molar-refractivity contribution in [1.82, 2.24) is 0 Å². The van der Waals surface area contributed by atoms with Gasteiger partial charge in [0.1, 0.15) is 29.6 Å². The summed E-state index contributed by atoms with van der Waals surface area (Å²) >= 11 is 0. The van der Waals surface area contributed by atoms with Crippen molar-refractivity contribution in [1.29, 1.82) is 0 Å². The summed E-state index contributed by atoms with van der Waals surface area (Å²) in [7, 11) is 1.30. The van der Waals surface area contributed by atoms with E-state index in [4.69, 9.17) is 14.2 Å². The first kappa shape index (κ1) is 17.3. The van der Waals surface area contributed by atoms with Crippen LogP contribution in [0.3, 0.4) is 0 Å². The molecule has 0 atom stereocenters. The van der Waals surface area contributed by atoms with Crippen LogP contribution in [0, 0.1) is 0 Å². The predicted molar refractivity (Wildman–Crippen MR) is 86.6 cm³/mol. The summed E-state index contributed by atoms with van der Waals surface area (Å²) < 4.78 is 20.7. The average molecular weight is 330 g/mol. The van der Waals surface area contributed by atoms with Crippen molar-refractivity contribution in [3.8, 4) is 23.0 Å². The summed E-state index contributed by atoms with van der Waals surface area (Å²) in [6.07, 6.45) is 0. The molecule has 2 rings (SSSR count). The summed E-state index contributed by atoms with van der Waals surface area (Å²) in [5, 5.41) is 0. The molecule has 0 spiro atoms. The number of rotatable bonds is 8. The first-order valence-electron chi connectivity index (χ1n) is 7.26. The third-order valence-electron chi connectivity index (χ3n) is 2.91. The smallest absolute Gasteiger partial charge is 0.343 e. The van der Waals surface area contributed by atoms with E-state index in [1.165, 1.54) is 14.0 Å². The lowest BCUT2D eigenvalue weighted by Crippen LogP contribution is -2.12. The molecule has 0 amide bonds. The zero-order chi connectivity index (χ0) is 17.4. The molecule has 0 unspecified atom stereocenters. The van der Waals surface area contributed by atoms with Crippen LogP contribution >= 0.6 is 0 Å². The minimum Gasteiger partial charge on any atom is -0.486 e. The van der Waals surface area contributed by atoms with Crippen molar-refractivity contribution in [3.05, 3.63) is 48.5 Å². The molecule has 24 heavy (non-hydrogen) atoms. The van der Waals surface area contributed by atoms with Crippen LogP contribution < -0.4 is 14.2 Å². The highest BCUT2D eigenvalue weighted by atomic mass is 16.6. The molecule has 126 valence electrons. The summed E-state index contributed by atoms with van der Waals surface area (Å²) in [5.74, 6) is 1.92. The molecule has 2 aromatic rings.